The molecule has 0 aliphatic heterocycles. The quantitative estimate of drug-likeness (QED) is 0.304. The van der Waals surface area contributed by atoms with Crippen molar-refractivity contribution in [2.45, 2.75) is 19.8 Å². The Bertz CT molecular complexity index is 1030. The Morgan fingerprint density at radius 2 is 1.42 bits per heavy atom. The number of benzene rings is 3. The van der Waals surface area contributed by atoms with Crippen molar-refractivity contribution in [2.75, 3.05) is 0 Å². The summed E-state index contributed by atoms with van der Waals surface area (Å²) in [5.41, 5.74) is 0.498. The van der Waals surface area contributed by atoms with Crippen molar-refractivity contribution in [1.29, 1.82) is 0 Å². The van der Waals surface area contributed by atoms with Crippen LogP contribution in [0.4, 0.5) is 22.0 Å². The first kappa shape index (κ1) is 17.9. The maximum absolute atomic E-state index is 14.3. The van der Waals surface area contributed by atoms with Gasteiger partial charge in [0.2, 0.25) is 0 Å². The summed E-state index contributed by atoms with van der Waals surface area (Å²) < 4.78 is 67.9. The molecule has 0 atom stereocenters. The van der Waals surface area contributed by atoms with E-state index in [9.17, 15) is 22.0 Å². The van der Waals surface area contributed by atoms with E-state index in [-0.39, 0.29) is 16.5 Å². The summed E-state index contributed by atoms with van der Waals surface area (Å²) >= 11 is 0. The lowest BCUT2D eigenvalue weighted by Gasteiger charge is -2.06. The van der Waals surface area contributed by atoms with Crippen molar-refractivity contribution in [3.05, 3.63) is 82.2 Å². The standard InChI is InChI=1S/C21H13F5/c1-2-3-12-6-15-11-17(22)14(10-16(15)18(23)7-12)5-4-13-8-19(24)21(26)20(25)9-13/h6-11H,2-3H2,1H3. The van der Waals surface area contributed by atoms with E-state index in [0.29, 0.717) is 23.9 Å². The summed E-state index contributed by atoms with van der Waals surface area (Å²) in [5, 5.41) is 0.613. The average Bonchev–Trinajstić information content (AvgIpc) is 2.58. The molecule has 3 aromatic carbocycles. The Kier molecular flexibility index (Phi) is 4.94. The Balaban J connectivity index is 2.06. The van der Waals surface area contributed by atoms with Crippen LogP contribution in [0.1, 0.15) is 30.0 Å². The molecule has 0 spiro atoms. The molecule has 0 aromatic heterocycles. The second kappa shape index (κ2) is 7.17. The topological polar surface area (TPSA) is 0 Å². The number of aryl methyl sites for hydroxylation is 1. The summed E-state index contributed by atoms with van der Waals surface area (Å²) in [4.78, 5) is 0. The molecule has 0 aliphatic rings. The normalized spacial score (nSPS) is 10.7. The smallest absolute Gasteiger partial charge is 0.194 e. The van der Waals surface area contributed by atoms with Crippen molar-refractivity contribution < 1.29 is 22.0 Å². The Labute approximate surface area is 147 Å². The zero-order valence-corrected chi connectivity index (χ0v) is 13.8. The number of rotatable bonds is 2. The predicted molar refractivity (Wildman–Crippen MR) is 90.2 cm³/mol. The lowest BCUT2D eigenvalue weighted by Crippen LogP contribution is -1.93. The second-order valence-corrected chi connectivity index (χ2v) is 5.88. The van der Waals surface area contributed by atoms with E-state index in [1.807, 2.05) is 6.92 Å². The molecule has 0 unspecified atom stereocenters. The van der Waals surface area contributed by atoms with E-state index in [0.717, 1.165) is 12.0 Å². The van der Waals surface area contributed by atoms with Crippen LogP contribution in [0.15, 0.2) is 36.4 Å². The second-order valence-electron chi connectivity index (χ2n) is 5.88. The van der Waals surface area contributed by atoms with Crippen LogP contribution in [-0.2, 0) is 6.42 Å². The highest BCUT2D eigenvalue weighted by molar-refractivity contribution is 5.85. The van der Waals surface area contributed by atoms with Crippen LogP contribution in [0, 0.1) is 40.9 Å². The van der Waals surface area contributed by atoms with Crippen molar-refractivity contribution in [3.63, 3.8) is 0 Å². The highest BCUT2D eigenvalue weighted by Gasteiger charge is 2.11. The molecule has 0 aliphatic carbocycles. The van der Waals surface area contributed by atoms with Gasteiger partial charge < -0.3 is 0 Å². The lowest BCUT2D eigenvalue weighted by atomic mass is 10.0. The van der Waals surface area contributed by atoms with E-state index < -0.39 is 29.1 Å². The van der Waals surface area contributed by atoms with Crippen molar-refractivity contribution in [1.82, 2.24) is 0 Å². The van der Waals surface area contributed by atoms with Crippen molar-refractivity contribution in [2.24, 2.45) is 0 Å². The van der Waals surface area contributed by atoms with E-state index in [1.54, 1.807) is 6.07 Å². The van der Waals surface area contributed by atoms with Gasteiger partial charge in [-0.3, -0.25) is 0 Å². The number of hydrogen-bond acceptors (Lipinski definition) is 0. The third kappa shape index (κ3) is 3.55. The third-order valence-electron chi connectivity index (χ3n) is 3.91. The summed E-state index contributed by atoms with van der Waals surface area (Å²) in [6.07, 6.45) is 1.51. The average molecular weight is 360 g/mol. The van der Waals surface area contributed by atoms with E-state index >= 15 is 0 Å². The fraction of sp³-hybridized carbons (Fsp3) is 0.143. The summed E-state index contributed by atoms with van der Waals surface area (Å²) in [7, 11) is 0. The molecule has 3 aromatic rings. The minimum atomic E-state index is -1.60. The first-order valence-corrected chi connectivity index (χ1v) is 7.97. The molecule has 0 saturated heterocycles. The van der Waals surface area contributed by atoms with Gasteiger partial charge >= 0.3 is 0 Å². The summed E-state index contributed by atoms with van der Waals surface area (Å²) in [5.74, 6) is -0.762. The van der Waals surface area contributed by atoms with Crippen LogP contribution in [-0.4, -0.2) is 0 Å². The first-order chi connectivity index (χ1) is 12.4. The van der Waals surface area contributed by atoms with Gasteiger partial charge in [0, 0.05) is 10.9 Å². The molecule has 0 bridgehead atoms. The maximum atomic E-state index is 14.3. The van der Waals surface area contributed by atoms with Gasteiger partial charge in [0.05, 0.1) is 5.56 Å². The van der Waals surface area contributed by atoms with Crippen LogP contribution in [0.5, 0.6) is 0 Å². The Morgan fingerprint density at radius 1 is 0.731 bits per heavy atom. The van der Waals surface area contributed by atoms with Crippen molar-refractivity contribution in [3.8, 4) is 11.8 Å². The van der Waals surface area contributed by atoms with Gasteiger partial charge in [-0.1, -0.05) is 31.3 Å². The van der Waals surface area contributed by atoms with E-state index in [2.05, 4.69) is 11.8 Å². The zero-order valence-electron chi connectivity index (χ0n) is 13.8. The maximum Gasteiger partial charge on any atom is 0.194 e. The SMILES string of the molecule is CCCc1cc(F)c2cc(C#Cc3cc(F)c(F)c(F)c3)c(F)cc2c1. The molecule has 0 amide bonds. The van der Waals surface area contributed by atoms with Crippen LogP contribution in [0.25, 0.3) is 10.8 Å². The van der Waals surface area contributed by atoms with Gasteiger partial charge in [0.1, 0.15) is 11.6 Å². The lowest BCUT2D eigenvalue weighted by molar-refractivity contribution is 0.446. The molecule has 0 heterocycles. The van der Waals surface area contributed by atoms with E-state index in [4.69, 9.17) is 0 Å². The predicted octanol–water partition coefficient (Wildman–Crippen LogP) is 5.89. The number of halogens is 5. The molecule has 3 rings (SSSR count). The van der Waals surface area contributed by atoms with Gasteiger partial charge in [-0.05, 0) is 47.7 Å². The number of hydrogen-bond donors (Lipinski definition) is 0. The monoisotopic (exact) mass is 360 g/mol. The summed E-state index contributed by atoms with van der Waals surface area (Å²) in [6, 6.07) is 6.95. The molecule has 132 valence electrons. The molecule has 0 saturated carbocycles. The molecule has 0 N–H and O–H groups in total. The molecule has 0 radical (unpaired) electrons. The van der Waals surface area contributed by atoms with E-state index in [1.165, 1.54) is 18.2 Å². The van der Waals surface area contributed by atoms with Crippen molar-refractivity contribution >= 4 is 10.8 Å². The van der Waals surface area contributed by atoms with Gasteiger partial charge in [-0.15, -0.1) is 0 Å². The molecule has 0 fully saturated rings. The zero-order chi connectivity index (χ0) is 18.8. The Morgan fingerprint density at radius 3 is 2.08 bits per heavy atom. The van der Waals surface area contributed by atoms with Crippen LogP contribution >= 0.6 is 0 Å². The van der Waals surface area contributed by atoms with Crippen LogP contribution in [0.2, 0.25) is 0 Å². The summed E-state index contributed by atoms with van der Waals surface area (Å²) in [6.45, 7) is 1.96. The molecule has 0 nitrogen and oxygen atoms in total. The first-order valence-electron chi connectivity index (χ1n) is 7.97. The highest BCUT2D eigenvalue weighted by Crippen LogP contribution is 2.24. The van der Waals surface area contributed by atoms with Crippen LogP contribution < -0.4 is 0 Å². The Hall–Kier alpha value is -2.87. The van der Waals surface area contributed by atoms with Gasteiger partial charge in [0.15, 0.2) is 17.5 Å². The van der Waals surface area contributed by atoms with Gasteiger partial charge in [-0.25, -0.2) is 22.0 Å². The van der Waals surface area contributed by atoms with Gasteiger partial charge in [-0.2, -0.15) is 0 Å². The molecule has 5 heteroatoms. The highest BCUT2D eigenvalue weighted by atomic mass is 19.2. The molecule has 26 heavy (non-hydrogen) atoms. The molecular weight excluding hydrogens is 347 g/mol. The minimum absolute atomic E-state index is 0.121. The molecular formula is C21H13F5. The fourth-order valence-corrected chi connectivity index (χ4v) is 2.69. The third-order valence-corrected chi connectivity index (χ3v) is 3.91. The van der Waals surface area contributed by atoms with Gasteiger partial charge in [0.25, 0.3) is 0 Å². The van der Waals surface area contributed by atoms with Crippen LogP contribution in [0.3, 0.4) is 0 Å². The number of fused-ring (bicyclic) bond motifs is 1. The fourth-order valence-electron chi connectivity index (χ4n) is 2.69. The largest absolute Gasteiger partial charge is 0.206 e. The minimum Gasteiger partial charge on any atom is -0.206 e.